The summed E-state index contributed by atoms with van der Waals surface area (Å²) in [6.45, 7) is 9.53. The van der Waals surface area contributed by atoms with E-state index in [9.17, 15) is 14.4 Å². The summed E-state index contributed by atoms with van der Waals surface area (Å²) in [4.78, 5) is 43.3. The Morgan fingerprint density at radius 3 is 2.40 bits per heavy atom. The molecule has 162 valence electrons. The predicted molar refractivity (Wildman–Crippen MR) is 114 cm³/mol. The van der Waals surface area contributed by atoms with Crippen LogP contribution < -0.4 is 0 Å². The van der Waals surface area contributed by atoms with Crippen molar-refractivity contribution in [1.82, 2.24) is 9.88 Å². The summed E-state index contributed by atoms with van der Waals surface area (Å²) < 4.78 is 10.2. The molecular weight excluding hydrogens is 384 g/mol. The highest BCUT2D eigenvalue weighted by Gasteiger charge is 2.32. The lowest BCUT2D eigenvalue weighted by atomic mass is 9.98. The molecule has 0 spiro atoms. The molecule has 1 heterocycles. The topological polar surface area (TPSA) is 88.7 Å². The van der Waals surface area contributed by atoms with Crippen molar-refractivity contribution < 1.29 is 23.9 Å². The Morgan fingerprint density at radius 1 is 1.13 bits per heavy atom. The van der Waals surface area contributed by atoms with Crippen LogP contribution in [0.3, 0.4) is 0 Å². The number of esters is 1. The molecule has 7 heteroatoms. The van der Waals surface area contributed by atoms with E-state index in [4.69, 9.17) is 9.47 Å². The van der Waals surface area contributed by atoms with Gasteiger partial charge < -0.3 is 19.4 Å². The van der Waals surface area contributed by atoms with Gasteiger partial charge in [-0.3, -0.25) is 9.59 Å². The minimum absolute atomic E-state index is 0.234. The molecule has 1 amide bonds. The van der Waals surface area contributed by atoms with Gasteiger partial charge >= 0.3 is 5.97 Å². The number of nitrogens with zero attached hydrogens (tertiary/aromatic N) is 1. The fraction of sp³-hybridized carbons (Fsp3) is 0.435. The number of carbonyl (C=O) groups excluding carboxylic acids is 3. The van der Waals surface area contributed by atoms with Crippen molar-refractivity contribution in [3.8, 4) is 0 Å². The highest BCUT2D eigenvalue weighted by atomic mass is 16.5. The average molecular weight is 415 g/mol. The largest absolute Gasteiger partial charge is 0.461 e. The maximum atomic E-state index is 13.4. The maximum Gasteiger partial charge on any atom is 0.355 e. The second-order valence-corrected chi connectivity index (χ2v) is 7.19. The van der Waals surface area contributed by atoms with Crippen LogP contribution in [0.5, 0.6) is 0 Å². The summed E-state index contributed by atoms with van der Waals surface area (Å²) >= 11 is 0. The smallest absolute Gasteiger partial charge is 0.355 e. The van der Waals surface area contributed by atoms with Crippen LogP contribution in [-0.2, 0) is 9.47 Å². The lowest BCUT2D eigenvalue weighted by molar-refractivity contribution is 0.0518. The van der Waals surface area contributed by atoms with Crippen molar-refractivity contribution in [2.75, 3.05) is 26.9 Å². The maximum absolute atomic E-state index is 13.4. The van der Waals surface area contributed by atoms with Crippen LogP contribution in [0.25, 0.3) is 0 Å². The first kappa shape index (κ1) is 23.3. The van der Waals surface area contributed by atoms with Gasteiger partial charge in [-0.2, -0.15) is 0 Å². The summed E-state index contributed by atoms with van der Waals surface area (Å²) in [5.41, 5.74) is 3.15. The van der Waals surface area contributed by atoms with Gasteiger partial charge in [0.2, 0.25) is 0 Å². The molecule has 0 aliphatic carbocycles. The summed E-state index contributed by atoms with van der Waals surface area (Å²) in [6, 6.07) is 6.54. The lowest BCUT2D eigenvalue weighted by Gasteiger charge is -2.29. The normalized spacial score (nSPS) is 11.8. The number of hydrogen-bond donors (Lipinski definition) is 1. The first-order chi connectivity index (χ1) is 14.2. The Balaban J connectivity index is 2.40. The molecule has 0 fully saturated rings. The third-order valence-electron chi connectivity index (χ3n) is 5.18. The number of aromatic nitrogens is 1. The standard InChI is InChI=1S/C23H30N2O5/c1-7-30-23(28)20-15(3)19(16(4)24-20)21(26)17(5)25(12-13-29-6)22(27)18-11-9-8-10-14(18)2/h8-11,17,24H,7,12-13H2,1-6H3/t17-/m1/s1. The molecule has 0 saturated heterocycles. The molecule has 0 saturated carbocycles. The molecule has 0 aliphatic heterocycles. The van der Waals surface area contributed by atoms with E-state index in [0.717, 1.165) is 5.56 Å². The van der Waals surface area contributed by atoms with E-state index in [1.807, 2.05) is 19.1 Å². The Bertz CT molecular complexity index is 932. The number of nitrogens with one attached hydrogen (secondary N) is 1. The summed E-state index contributed by atoms with van der Waals surface area (Å²) in [5, 5.41) is 0. The number of methoxy groups -OCH3 is 1. The van der Waals surface area contributed by atoms with E-state index < -0.39 is 12.0 Å². The molecule has 7 nitrogen and oxygen atoms in total. The number of aromatic amines is 1. The van der Waals surface area contributed by atoms with Crippen LogP contribution in [0.4, 0.5) is 0 Å². The van der Waals surface area contributed by atoms with Crippen molar-refractivity contribution >= 4 is 17.7 Å². The molecule has 30 heavy (non-hydrogen) atoms. The number of amides is 1. The SMILES string of the molecule is CCOC(=O)c1[nH]c(C)c(C(=O)[C@@H](C)N(CCOC)C(=O)c2ccccc2C)c1C. The molecule has 0 radical (unpaired) electrons. The first-order valence-electron chi connectivity index (χ1n) is 10.0. The van der Waals surface area contributed by atoms with Crippen LogP contribution in [0.15, 0.2) is 24.3 Å². The fourth-order valence-corrected chi connectivity index (χ4v) is 3.51. The van der Waals surface area contributed by atoms with Gasteiger partial charge in [-0.05, 0) is 51.8 Å². The third-order valence-corrected chi connectivity index (χ3v) is 5.18. The summed E-state index contributed by atoms with van der Waals surface area (Å²) in [5.74, 6) is -0.977. The molecule has 1 N–H and O–H groups in total. The molecule has 1 atom stereocenters. The van der Waals surface area contributed by atoms with E-state index in [-0.39, 0.29) is 30.5 Å². The molecule has 0 aliphatic rings. The molecule has 2 aromatic rings. The lowest BCUT2D eigenvalue weighted by Crippen LogP contribution is -2.45. The van der Waals surface area contributed by atoms with Gasteiger partial charge in [-0.25, -0.2) is 4.79 Å². The van der Waals surface area contributed by atoms with Crippen molar-refractivity contribution in [3.05, 3.63) is 57.9 Å². The van der Waals surface area contributed by atoms with E-state index in [2.05, 4.69) is 4.98 Å². The number of aryl methyl sites for hydroxylation is 2. The van der Waals surface area contributed by atoms with E-state index in [1.54, 1.807) is 46.9 Å². The molecule has 0 bridgehead atoms. The van der Waals surface area contributed by atoms with Crippen molar-refractivity contribution in [2.24, 2.45) is 0 Å². The number of ketones is 1. The second kappa shape index (κ2) is 10.2. The van der Waals surface area contributed by atoms with Crippen molar-refractivity contribution in [1.29, 1.82) is 0 Å². The van der Waals surface area contributed by atoms with Crippen molar-refractivity contribution in [2.45, 2.75) is 40.7 Å². The van der Waals surface area contributed by atoms with Gasteiger partial charge in [0.1, 0.15) is 5.69 Å². The van der Waals surface area contributed by atoms with Crippen LogP contribution in [-0.4, -0.2) is 60.5 Å². The van der Waals surface area contributed by atoms with Gasteiger partial charge in [0, 0.05) is 30.5 Å². The molecule has 1 aromatic carbocycles. The van der Waals surface area contributed by atoms with Gasteiger partial charge in [-0.15, -0.1) is 0 Å². The summed E-state index contributed by atoms with van der Waals surface area (Å²) in [6.07, 6.45) is 0. The highest BCUT2D eigenvalue weighted by Crippen LogP contribution is 2.23. The van der Waals surface area contributed by atoms with E-state index in [1.165, 1.54) is 4.90 Å². The van der Waals surface area contributed by atoms with Gasteiger partial charge in [0.05, 0.1) is 19.3 Å². The van der Waals surface area contributed by atoms with Crippen LogP contribution in [0, 0.1) is 20.8 Å². The fourth-order valence-electron chi connectivity index (χ4n) is 3.51. The quantitative estimate of drug-likeness (QED) is 0.501. The van der Waals surface area contributed by atoms with E-state index >= 15 is 0 Å². The number of rotatable bonds is 9. The zero-order chi connectivity index (χ0) is 22.4. The average Bonchev–Trinajstić information content (AvgIpc) is 3.02. The van der Waals surface area contributed by atoms with Crippen LogP contribution >= 0.6 is 0 Å². The van der Waals surface area contributed by atoms with E-state index in [0.29, 0.717) is 29.0 Å². The summed E-state index contributed by atoms with van der Waals surface area (Å²) in [7, 11) is 1.55. The third kappa shape index (κ3) is 4.79. The molecule has 1 aromatic heterocycles. The zero-order valence-corrected chi connectivity index (χ0v) is 18.5. The minimum atomic E-state index is -0.740. The Morgan fingerprint density at radius 2 is 1.80 bits per heavy atom. The van der Waals surface area contributed by atoms with Gasteiger partial charge in [0.25, 0.3) is 5.91 Å². The highest BCUT2D eigenvalue weighted by molar-refractivity contribution is 6.07. The number of hydrogen-bond acceptors (Lipinski definition) is 5. The van der Waals surface area contributed by atoms with Crippen molar-refractivity contribution in [3.63, 3.8) is 0 Å². The Hall–Kier alpha value is -2.93. The Kier molecular flexibility index (Phi) is 7.94. The Labute approximate surface area is 177 Å². The predicted octanol–water partition coefficient (Wildman–Crippen LogP) is 3.48. The number of benzene rings is 1. The molecule has 2 rings (SSSR count). The first-order valence-corrected chi connectivity index (χ1v) is 10.0. The minimum Gasteiger partial charge on any atom is -0.461 e. The molecule has 0 unspecified atom stereocenters. The number of ether oxygens (including phenoxy) is 2. The second-order valence-electron chi connectivity index (χ2n) is 7.19. The molecular formula is C23H30N2O5. The van der Waals surface area contributed by atoms with Crippen LogP contribution in [0.1, 0.15) is 61.9 Å². The monoisotopic (exact) mass is 414 g/mol. The van der Waals surface area contributed by atoms with Gasteiger partial charge in [-0.1, -0.05) is 18.2 Å². The van der Waals surface area contributed by atoms with Gasteiger partial charge in [0.15, 0.2) is 5.78 Å². The van der Waals surface area contributed by atoms with Crippen LogP contribution in [0.2, 0.25) is 0 Å². The zero-order valence-electron chi connectivity index (χ0n) is 18.5. The number of Topliss-reactive ketones (excluding diaryl/α,β-unsaturated/α-hetero) is 1. The number of carbonyl (C=O) groups is 3. The number of H-pyrrole nitrogens is 1.